The van der Waals surface area contributed by atoms with Crippen molar-refractivity contribution in [1.29, 1.82) is 0 Å². The summed E-state index contributed by atoms with van der Waals surface area (Å²) in [6.07, 6.45) is 4.94. The molecule has 25 heavy (non-hydrogen) atoms. The molecule has 3 atom stereocenters. The van der Waals surface area contributed by atoms with Crippen LogP contribution in [0.1, 0.15) is 45.1 Å². The second-order valence-corrected chi connectivity index (χ2v) is 7.91. The number of amides is 1. The fourth-order valence-corrected chi connectivity index (χ4v) is 4.19. The van der Waals surface area contributed by atoms with Crippen LogP contribution in [0, 0.1) is 12.8 Å². The van der Waals surface area contributed by atoms with E-state index in [1.165, 1.54) is 30.5 Å². The SMILES string of the molecule is Cc1cccc(N2CCN(C(C)C(=O)NC3CCCCC3C)CC2)c1. The zero-order chi connectivity index (χ0) is 17.8. The Morgan fingerprint density at radius 2 is 1.88 bits per heavy atom. The molecular weight excluding hydrogens is 310 g/mol. The molecule has 0 aromatic heterocycles. The summed E-state index contributed by atoms with van der Waals surface area (Å²) in [5, 5.41) is 3.32. The average Bonchev–Trinajstić information content (AvgIpc) is 2.63. The number of hydrogen-bond acceptors (Lipinski definition) is 3. The highest BCUT2D eigenvalue weighted by Crippen LogP contribution is 2.24. The second-order valence-electron chi connectivity index (χ2n) is 7.91. The maximum atomic E-state index is 12.7. The molecule has 1 heterocycles. The van der Waals surface area contributed by atoms with Gasteiger partial charge in [0.05, 0.1) is 6.04 Å². The summed E-state index contributed by atoms with van der Waals surface area (Å²) < 4.78 is 0. The first-order valence-corrected chi connectivity index (χ1v) is 9.90. The van der Waals surface area contributed by atoms with E-state index in [9.17, 15) is 4.79 Å². The first kappa shape index (κ1) is 18.2. The topological polar surface area (TPSA) is 35.6 Å². The number of nitrogens with zero attached hydrogens (tertiary/aromatic N) is 2. The van der Waals surface area contributed by atoms with E-state index in [-0.39, 0.29) is 11.9 Å². The average molecular weight is 344 g/mol. The van der Waals surface area contributed by atoms with Gasteiger partial charge in [0.2, 0.25) is 5.91 Å². The predicted molar refractivity (Wildman–Crippen MR) is 104 cm³/mol. The van der Waals surface area contributed by atoms with Crippen LogP contribution >= 0.6 is 0 Å². The molecule has 1 aliphatic carbocycles. The molecule has 2 aliphatic rings. The molecule has 1 aromatic carbocycles. The highest BCUT2D eigenvalue weighted by molar-refractivity contribution is 5.81. The van der Waals surface area contributed by atoms with Gasteiger partial charge in [0.25, 0.3) is 0 Å². The summed E-state index contributed by atoms with van der Waals surface area (Å²) in [5.41, 5.74) is 2.60. The molecule has 1 amide bonds. The van der Waals surface area contributed by atoms with Gasteiger partial charge >= 0.3 is 0 Å². The van der Waals surface area contributed by atoms with E-state index in [2.05, 4.69) is 60.2 Å². The molecule has 0 spiro atoms. The fraction of sp³-hybridized carbons (Fsp3) is 0.667. The molecule has 4 nitrogen and oxygen atoms in total. The summed E-state index contributed by atoms with van der Waals surface area (Å²) in [6.45, 7) is 10.3. The Morgan fingerprint density at radius 1 is 1.16 bits per heavy atom. The Morgan fingerprint density at radius 3 is 2.56 bits per heavy atom. The van der Waals surface area contributed by atoms with Crippen LogP contribution in [0.25, 0.3) is 0 Å². The van der Waals surface area contributed by atoms with Gasteiger partial charge in [-0.1, -0.05) is 31.9 Å². The maximum absolute atomic E-state index is 12.7. The van der Waals surface area contributed by atoms with Gasteiger partial charge in [0.1, 0.15) is 0 Å². The highest BCUT2D eigenvalue weighted by atomic mass is 16.2. The highest BCUT2D eigenvalue weighted by Gasteiger charge is 2.29. The molecule has 1 aromatic rings. The van der Waals surface area contributed by atoms with E-state index in [1.54, 1.807) is 0 Å². The van der Waals surface area contributed by atoms with Crippen LogP contribution < -0.4 is 10.2 Å². The molecule has 3 rings (SSSR count). The number of carbonyl (C=O) groups is 1. The molecule has 0 bridgehead atoms. The van der Waals surface area contributed by atoms with Crippen molar-refractivity contribution in [2.75, 3.05) is 31.1 Å². The Labute approximate surface area is 152 Å². The van der Waals surface area contributed by atoms with Gasteiger partial charge < -0.3 is 10.2 Å². The van der Waals surface area contributed by atoms with E-state index in [1.807, 2.05) is 0 Å². The van der Waals surface area contributed by atoms with Crippen LogP contribution in [0.3, 0.4) is 0 Å². The van der Waals surface area contributed by atoms with Crippen LogP contribution in [0.4, 0.5) is 5.69 Å². The van der Waals surface area contributed by atoms with Gasteiger partial charge in [-0.05, 0) is 50.3 Å². The van der Waals surface area contributed by atoms with Crippen LogP contribution in [-0.2, 0) is 4.79 Å². The van der Waals surface area contributed by atoms with Crippen molar-refractivity contribution < 1.29 is 4.79 Å². The van der Waals surface area contributed by atoms with Crippen molar-refractivity contribution >= 4 is 11.6 Å². The summed E-state index contributed by atoms with van der Waals surface area (Å²) in [6, 6.07) is 9.03. The summed E-state index contributed by atoms with van der Waals surface area (Å²) >= 11 is 0. The summed E-state index contributed by atoms with van der Waals surface area (Å²) in [7, 11) is 0. The number of carbonyl (C=O) groups excluding carboxylic acids is 1. The minimum atomic E-state index is -0.0335. The molecule has 2 fully saturated rings. The lowest BCUT2D eigenvalue weighted by Gasteiger charge is -2.39. The van der Waals surface area contributed by atoms with Gasteiger partial charge in [0, 0.05) is 37.9 Å². The van der Waals surface area contributed by atoms with E-state index in [0.717, 1.165) is 32.6 Å². The van der Waals surface area contributed by atoms with Gasteiger partial charge in [0.15, 0.2) is 0 Å². The number of hydrogen-bond donors (Lipinski definition) is 1. The van der Waals surface area contributed by atoms with Crippen molar-refractivity contribution in [1.82, 2.24) is 10.2 Å². The van der Waals surface area contributed by atoms with Crippen molar-refractivity contribution in [3.63, 3.8) is 0 Å². The van der Waals surface area contributed by atoms with Gasteiger partial charge in [-0.3, -0.25) is 9.69 Å². The molecule has 4 heteroatoms. The van der Waals surface area contributed by atoms with Gasteiger partial charge in [-0.2, -0.15) is 0 Å². The standard InChI is InChI=1S/C21H33N3O/c1-16-7-6-9-19(15-16)24-13-11-23(12-14-24)18(3)21(25)22-20-10-5-4-8-17(20)2/h6-7,9,15,17-18,20H,4-5,8,10-14H2,1-3H3,(H,22,25). The first-order valence-electron chi connectivity index (χ1n) is 9.90. The predicted octanol–water partition coefficient (Wildman–Crippen LogP) is 3.20. The monoisotopic (exact) mass is 343 g/mol. The maximum Gasteiger partial charge on any atom is 0.237 e. The number of nitrogens with one attached hydrogen (secondary N) is 1. The Kier molecular flexibility index (Phi) is 6.00. The Balaban J connectivity index is 1.50. The lowest BCUT2D eigenvalue weighted by atomic mass is 9.86. The third-order valence-electron chi connectivity index (χ3n) is 6.05. The third-order valence-corrected chi connectivity index (χ3v) is 6.05. The number of aryl methyl sites for hydroxylation is 1. The van der Waals surface area contributed by atoms with Crippen molar-refractivity contribution in [3.8, 4) is 0 Å². The molecule has 1 saturated carbocycles. The number of rotatable bonds is 4. The van der Waals surface area contributed by atoms with E-state index in [0.29, 0.717) is 12.0 Å². The summed E-state index contributed by atoms with van der Waals surface area (Å²) in [4.78, 5) is 17.4. The lowest BCUT2D eigenvalue weighted by molar-refractivity contribution is -0.127. The van der Waals surface area contributed by atoms with E-state index in [4.69, 9.17) is 0 Å². The Bertz CT molecular complexity index is 580. The molecule has 0 radical (unpaired) electrons. The Hall–Kier alpha value is -1.55. The molecular formula is C21H33N3O. The quantitative estimate of drug-likeness (QED) is 0.912. The first-order chi connectivity index (χ1) is 12.0. The van der Waals surface area contributed by atoms with Crippen LogP contribution in [0.15, 0.2) is 24.3 Å². The van der Waals surface area contributed by atoms with E-state index >= 15 is 0 Å². The second kappa shape index (κ2) is 8.22. The number of piperazine rings is 1. The molecule has 3 unspecified atom stereocenters. The third kappa shape index (κ3) is 4.55. The number of anilines is 1. The van der Waals surface area contributed by atoms with Crippen LogP contribution in [0.5, 0.6) is 0 Å². The molecule has 138 valence electrons. The largest absolute Gasteiger partial charge is 0.369 e. The molecule has 1 saturated heterocycles. The lowest BCUT2D eigenvalue weighted by Crippen LogP contribution is -2.55. The number of benzene rings is 1. The van der Waals surface area contributed by atoms with Crippen molar-refractivity contribution in [2.24, 2.45) is 5.92 Å². The minimum absolute atomic E-state index is 0.0335. The van der Waals surface area contributed by atoms with Crippen LogP contribution in [0.2, 0.25) is 0 Å². The van der Waals surface area contributed by atoms with Gasteiger partial charge in [-0.15, -0.1) is 0 Å². The summed E-state index contributed by atoms with van der Waals surface area (Å²) in [5.74, 6) is 0.825. The normalized spacial score (nSPS) is 26.3. The zero-order valence-corrected chi connectivity index (χ0v) is 16.0. The van der Waals surface area contributed by atoms with E-state index < -0.39 is 0 Å². The molecule has 1 N–H and O–H groups in total. The van der Waals surface area contributed by atoms with Crippen molar-refractivity contribution in [2.45, 2.75) is 58.5 Å². The fourth-order valence-electron chi connectivity index (χ4n) is 4.19. The molecule has 1 aliphatic heterocycles. The van der Waals surface area contributed by atoms with Crippen molar-refractivity contribution in [3.05, 3.63) is 29.8 Å². The van der Waals surface area contributed by atoms with Gasteiger partial charge in [-0.25, -0.2) is 0 Å². The zero-order valence-electron chi connectivity index (χ0n) is 16.0. The smallest absolute Gasteiger partial charge is 0.237 e. The minimum Gasteiger partial charge on any atom is -0.369 e. The van der Waals surface area contributed by atoms with Crippen LogP contribution in [-0.4, -0.2) is 49.1 Å².